The summed E-state index contributed by atoms with van der Waals surface area (Å²) >= 11 is 0. The first kappa shape index (κ1) is 19.6. The van der Waals surface area contributed by atoms with Crippen molar-refractivity contribution in [3.05, 3.63) is 93.5 Å². The number of fused-ring (bicyclic) bond motifs is 1. The van der Waals surface area contributed by atoms with Gasteiger partial charge < -0.3 is 9.88 Å². The van der Waals surface area contributed by atoms with Gasteiger partial charge in [-0.05, 0) is 50.1 Å². The summed E-state index contributed by atoms with van der Waals surface area (Å²) in [6.45, 7) is 4.50. The number of nitrogens with zero attached hydrogens (tertiary/aromatic N) is 3. The van der Waals surface area contributed by atoms with Crippen molar-refractivity contribution in [2.45, 2.75) is 20.3 Å². The van der Waals surface area contributed by atoms with Crippen LogP contribution in [0.2, 0.25) is 0 Å². The quantitative estimate of drug-likeness (QED) is 0.559. The lowest BCUT2D eigenvalue weighted by molar-refractivity contribution is 0.0955. The van der Waals surface area contributed by atoms with Crippen molar-refractivity contribution in [3.63, 3.8) is 0 Å². The second kappa shape index (κ2) is 7.99. The first-order chi connectivity index (χ1) is 14.4. The molecule has 0 aliphatic rings. The zero-order valence-electron chi connectivity index (χ0n) is 17.3. The van der Waals surface area contributed by atoms with E-state index < -0.39 is 0 Å². The molecule has 0 radical (unpaired) electrons. The number of para-hydroxylation sites is 1. The molecule has 0 saturated heterocycles. The van der Waals surface area contributed by atoms with Crippen molar-refractivity contribution in [2.75, 3.05) is 6.54 Å². The molecule has 6 nitrogen and oxygen atoms in total. The van der Waals surface area contributed by atoms with E-state index in [1.807, 2.05) is 73.1 Å². The highest BCUT2D eigenvalue weighted by Crippen LogP contribution is 2.16. The molecule has 0 unspecified atom stereocenters. The van der Waals surface area contributed by atoms with Crippen molar-refractivity contribution < 1.29 is 4.79 Å². The van der Waals surface area contributed by atoms with Gasteiger partial charge in [0.05, 0.1) is 22.5 Å². The molecule has 2 aromatic heterocycles. The van der Waals surface area contributed by atoms with E-state index in [1.54, 1.807) is 11.6 Å². The summed E-state index contributed by atoms with van der Waals surface area (Å²) < 4.78 is 3.47. The summed E-state index contributed by atoms with van der Waals surface area (Å²) in [6, 6.07) is 19.0. The Morgan fingerprint density at radius 3 is 2.47 bits per heavy atom. The first-order valence-corrected chi connectivity index (χ1v) is 9.93. The van der Waals surface area contributed by atoms with Crippen LogP contribution in [0.5, 0.6) is 0 Å². The standard InChI is InChI=1S/C24H24N4O2/c1-16-14-17(2)28(26-16)19-10-8-18(9-11-19)12-13-25-24(30)21-15-23(29)27(3)22-7-5-4-6-20(21)22/h4-11,14-15H,12-13H2,1-3H3,(H,25,30). The molecule has 1 amide bonds. The minimum atomic E-state index is -0.233. The number of rotatable bonds is 5. The minimum Gasteiger partial charge on any atom is -0.352 e. The Labute approximate surface area is 174 Å². The van der Waals surface area contributed by atoms with Gasteiger partial charge in [-0.15, -0.1) is 0 Å². The van der Waals surface area contributed by atoms with Crippen molar-refractivity contribution in [3.8, 4) is 5.69 Å². The Morgan fingerprint density at radius 1 is 1.03 bits per heavy atom. The molecule has 4 aromatic rings. The van der Waals surface area contributed by atoms with Gasteiger partial charge in [-0.25, -0.2) is 4.68 Å². The van der Waals surface area contributed by atoms with E-state index >= 15 is 0 Å². The van der Waals surface area contributed by atoms with Crippen LogP contribution in [-0.4, -0.2) is 26.8 Å². The maximum absolute atomic E-state index is 12.7. The number of nitrogens with one attached hydrogen (secondary N) is 1. The summed E-state index contributed by atoms with van der Waals surface area (Å²) in [7, 11) is 1.71. The second-order valence-electron chi connectivity index (χ2n) is 7.48. The predicted octanol–water partition coefficient (Wildman–Crippen LogP) is 3.31. The Hall–Kier alpha value is -3.67. The number of carbonyl (C=O) groups is 1. The average Bonchev–Trinajstić information content (AvgIpc) is 3.09. The number of amides is 1. The van der Waals surface area contributed by atoms with Crippen molar-refractivity contribution >= 4 is 16.8 Å². The van der Waals surface area contributed by atoms with Crippen LogP contribution >= 0.6 is 0 Å². The molecule has 152 valence electrons. The lowest BCUT2D eigenvalue weighted by atomic mass is 10.1. The molecule has 0 aliphatic carbocycles. The average molecular weight is 400 g/mol. The van der Waals surface area contributed by atoms with E-state index in [1.165, 1.54) is 6.07 Å². The van der Waals surface area contributed by atoms with Gasteiger partial charge in [-0.3, -0.25) is 9.59 Å². The van der Waals surface area contributed by atoms with Gasteiger partial charge in [-0.2, -0.15) is 5.10 Å². The molecular weight excluding hydrogens is 376 g/mol. The maximum atomic E-state index is 12.7. The van der Waals surface area contributed by atoms with E-state index in [0.717, 1.165) is 33.5 Å². The first-order valence-electron chi connectivity index (χ1n) is 9.93. The minimum absolute atomic E-state index is 0.196. The smallest absolute Gasteiger partial charge is 0.252 e. The van der Waals surface area contributed by atoms with Gasteiger partial charge in [0.25, 0.3) is 11.5 Å². The third-order valence-electron chi connectivity index (χ3n) is 5.29. The van der Waals surface area contributed by atoms with Gasteiger partial charge in [0.15, 0.2) is 0 Å². The fourth-order valence-electron chi connectivity index (χ4n) is 3.71. The molecule has 0 spiro atoms. The van der Waals surface area contributed by atoms with Crippen LogP contribution in [0.25, 0.3) is 16.6 Å². The molecule has 4 rings (SSSR count). The monoisotopic (exact) mass is 400 g/mol. The highest BCUT2D eigenvalue weighted by atomic mass is 16.2. The fourth-order valence-corrected chi connectivity index (χ4v) is 3.71. The molecule has 2 aromatic carbocycles. The van der Waals surface area contributed by atoms with Crippen molar-refractivity contribution in [1.82, 2.24) is 19.7 Å². The molecule has 0 aliphatic heterocycles. The number of aromatic nitrogens is 3. The second-order valence-corrected chi connectivity index (χ2v) is 7.48. The zero-order chi connectivity index (χ0) is 21.3. The number of aryl methyl sites for hydroxylation is 3. The highest BCUT2D eigenvalue weighted by Gasteiger charge is 2.13. The molecule has 0 fully saturated rings. The Morgan fingerprint density at radius 2 is 1.77 bits per heavy atom. The van der Waals surface area contributed by atoms with Crippen molar-refractivity contribution in [2.24, 2.45) is 7.05 Å². The number of carbonyl (C=O) groups excluding carboxylic acids is 1. The van der Waals surface area contributed by atoms with Crippen LogP contribution in [0, 0.1) is 13.8 Å². The lowest BCUT2D eigenvalue weighted by Gasteiger charge is -2.11. The number of benzene rings is 2. The van der Waals surface area contributed by atoms with E-state index in [4.69, 9.17) is 0 Å². The van der Waals surface area contributed by atoms with Crippen LogP contribution in [0.4, 0.5) is 0 Å². The molecule has 0 atom stereocenters. The maximum Gasteiger partial charge on any atom is 0.252 e. The summed E-state index contributed by atoms with van der Waals surface area (Å²) in [6.07, 6.45) is 0.700. The van der Waals surface area contributed by atoms with Gasteiger partial charge in [0.1, 0.15) is 0 Å². The van der Waals surface area contributed by atoms with Gasteiger partial charge in [0.2, 0.25) is 0 Å². The van der Waals surface area contributed by atoms with E-state index in [0.29, 0.717) is 18.5 Å². The molecule has 1 N–H and O–H groups in total. The van der Waals surface area contributed by atoms with E-state index in [-0.39, 0.29) is 11.5 Å². The van der Waals surface area contributed by atoms with Gasteiger partial charge in [-0.1, -0.05) is 30.3 Å². The largest absolute Gasteiger partial charge is 0.352 e. The normalized spacial score (nSPS) is 11.0. The topological polar surface area (TPSA) is 68.9 Å². The zero-order valence-corrected chi connectivity index (χ0v) is 17.3. The Bertz CT molecular complexity index is 1280. The fraction of sp³-hybridized carbons (Fsp3) is 0.208. The molecule has 6 heteroatoms. The SMILES string of the molecule is Cc1cc(C)n(-c2ccc(CCNC(=O)c3cc(=O)n(C)c4ccccc34)cc2)n1. The van der Waals surface area contributed by atoms with E-state index in [2.05, 4.69) is 10.4 Å². The summed E-state index contributed by atoms with van der Waals surface area (Å²) in [4.78, 5) is 24.9. The molecule has 2 heterocycles. The summed E-state index contributed by atoms with van der Waals surface area (Å²) in [5.41, 5.74) is 5.17. The van der Waals surface area contributed by atoms with Crippen LogP contribution < -0.4 is 10.9 Å². The Balaban J connectivity index is 1.44. The predicted molar refractivity (Wildman–Crippen MR) is 118 cm³/mol. The summed E-state index contributed by atoms with van der Waals surface area (Å²) in [5.74, 6) is -0.233. The van der Waals surface area contributed by atoms with Crippen LogP contribution in [0.1, 0.15) is 27.3 Å². The molecular formula is C24H24N4O2. The highest BCUT2D eigenvalue weighted by molar-refractivity contribution is 6.06. The summed E-state index contributed by atoms with van der Waals surface area (Å²) in [5, 5.41) is 8.21. The lowest BCUT2D eigenvalue weighted by Crippen LogP contribution is -2.28. The van der Waals surface area contributed by atoms with Gasteiger partial charge in [0, 0.05) is 30.7 Å². The number of pyridine rings is 1. The van der Waals surface area contributed by atoms with Crippen LogP contribution in [0.3, 0.4) is 0 Å². The van der Waals surface area contributed by atoms with Crippen LogP contribution in [0.15, 0.2) is 65.5 Å². The number of hydrogen-bond donors (Lipinski definition) is 1. The molecule has 30 heavy (non-hydrogen) atoms. The Kier molecular flexibility index (Phi) is 5.23. The van der Waals surface area contributed by atoms with E-state index in [9.17, 15) is 9.59 Å². The third kappa shape index (κ3) is 3.76. The van der Waals surface area contributed by atoms with Crippen molar-refractivity contribution in [1.29, 1.82) is 0 Å². The molecule has 0 saturated carbocycles. The third-order valence-corrected chi connectivity index (χ3v) is 5.29. The van der Waals surface area contributed by atoms with Crippen LogP contribution in [-0.2, 0) is 13.5 Å². The van der Waals surface area contributed by atoms with Gasteiger partial charge >= 0.3 is 0 Å². The number of hydrogen-bond acceptors (Lipinski definition) is 3. The molecule has 0 bridgehead atoms.